The van der Waals surface area contributed by atoms with E-state index in [2.05, 4.69) is 11.5 Å². The van der Waals surface area contributed by atoms with Crippen LogP contribution in [0.5, 0.6) is 0 Å². The monoisotopic (exact) mass is 181 g/mol. The fourth-order valence-electron chi connectivity index (χ4n) is 2.90. The quantitative estimate of drug-likeness (QED) is 0.653. The van der Waals surface area contributed by atoms with Crippen molar-refractivity contribution in [2.75, 3.05) is 6.54 Å². The molecule has 2 nitrogen and oxygen atoms in total. The summed E-state index contributed by atoms with van der Waals surface area (Å²) in [4.78, 5) is 2.53. The van der Waals surface area contributed by atoms with Gasteiger partial charge in [0, 0.05) is 18.6 Å². The first-order chi connectivity index (χ1) is 6.31. The number of rotatable bonds is 2. The predicted molar refractivity (Wildman–Crippen MR) is 53.6 cm³/mol. The molecular weight excluding hydrogens is 162 g/mol. The highest BCUT2D eigenvalue weighted by molar-refractivity contribution is 4.94. The molecule has 13 heavy (non-hydrogen) atoms. The van der Waals surface area contributed by atoms with Gasteiger partial charge in [0.05, 0.1) is 6.10 Å². The van der Waals surface area contributed by atoms with E-state index in [9.17, 15) is 5.11 Å². The van der Waals surface area contributed by atoms with Crippen LogP contribution < -0.4 is 0 Å². The van der Waals surface area contributed by atoms with E-state index < -0.39 is 0 Å². The van der Waals surface area contributed by atoms with E-state index in [-0.39, 0.29) is 6.10 Å². The lowest BCUT2D eigenvalue weighted by atomic mass is 9.83. The molecule has 2 fully saturated rings. The van der Waals surface area contributed by atoms with Crippen molar-refractivity contribution in [2.24, 2.45) is 0 Å². The van der Waals surface area contributed by atoms with Crippen LogP contribution in [0.25, 0.3) is 0 Å². The lowest BCUT2D eigenvalue weighted by Crippen LogP contribution is -2.53. The van der Waals surface area contributed by atoms with Gasteiger partial charge in [0.15, 0.2) is 0 Å². The molecule has 74 valence electrons. The molecular formula is C11H19NO. The molecule has 0 aromatic carbocycles. The zero-order valence-corrected chi connectivity index (χ0v) is 8.15. The van der Waals surface area contributed by atoms with Crippen molar-refractivity contribution < 1.29 is 5.11 Å². The molecule has 2 saturated heterocycles. The van der Waals surface area contributed by atoms with E-state index in [0.29, 0.717) is 12.1 Å². The Morgan fingerprint density at radius 2 is 1.92 bits per heavy atom. The number of nitrogens with zero attached hydrogens (tertiary/aromatic N) is 1. The summed E-state index contributed by atoms with van der Waals surface area (Å²) in [5.41, 5.74) is 0. The van der Waals surface area contributed by atoms with Crippen molar-refractivity contribution in [3.05, 3.63) is 12.7 Å². The number of piperidine rings is 2. The van der Waals surface area contributed by atoms with Gasteiger partial charge < -0.3 is 5.11 Å². The zero-order valence-electron chi connectivity index (χ0n) is 8.15. The van der Waals surface area contributed by atoms with Crippen LogP contribution in [-0.4, -0.2) is 34.7 Å². The number of hydrogen-bond acceptors (Lipinski definition) is 2. The van der Waals surface area contributed by atoms with Gasteiger partial charge in [-0.15, -0.1) is 6.58 Å². The second kappa shape index (κ2) is 3.81. The molecule has 2 aliphatic rings. The minimum atomic E-state index is -0.0450. The molecule has 0 aliphatic carbocycles. The maximum Gasteiger partial charge on any atom is 0.0570 e. The molecule has 0 radical (unpaired) electrons. The van der Waals surface area contributed by atoms with Gasteiger partial charge in [-0.05, 0) is 25.7 Å². The molecule has 0 amide bonds. The Kier molecular flexibility index (Phi) is 2.70. The van der Waals surface area contributed by atoms with Crippen LogP contribution in [0, 0.1) is 0 Å². The predicted octanol–water partition coefficient (Wildman–Crippen LogP) is 1.55. The summed E-state index contributed by atoms with van der Waals surface area (Å²) in [5.74, 6) is 0. The van der Waals surface area contributed by atoms with Gasteiger partial charge in [0.1, 0.15) is 0 Å². The van der Waals surface area contributed by atoms with Gasteiger partial charge >= 0.3 is 0 Å². The average Bonchev–Trinajstić information content (AvgIpc) is 2.07. The number of aliphatic hydroxyl groups excluding tert-OH is 1. The number of fused-ring (bicyclic) bond motifs is 2. The summed E-state index contributed by atoms with van der Waals surface area (Å²) < 4.78 is 0. The Labute approximate surface area is 80.2 Å². The molecule has 2 heteroatoms. The van der Waals surface area contributed by atoms with E-state index >= 15 is 0 Å². The Balaban J connectivity index is 2.05. The van der Waals surface area contributed by atoms with E-state index in [4.69, 9.17) is 0 Å². The van der Waals surface area contributed by atoms with E-state index in [0.717, 1.165) is 19.4 Å². The van der Waals surface area contributed by atoms with Crippen molar-refractivity contribution in [1.29, 1.82) is 0 Å². The molecule has 2 rings (SSSR count). The Morgan fingerprint density at radius 3 is 2.46 bits per heavy atom. The second-order valence-corrected chi connectivity index (χ2v) is 4.35. The first-order valence-corrected chi connectivity index (χ1v) is 5.36. The van der Waals surface area contributed by atoms with Crippen LogP contribution >= 0.6 is 0 Å². The lowest BCUT2D eigenvalue weighted by Gasteiger charge is -2.47. The highest BCUT2D eigenvalue weighted by Crippen LogP contribution is 2.33. The smallest absolute Gasteiger partial charge is 0.0570 e. The molecule has 1 N–H and O–H groups in total. The van der Waals surface area contributed by atoms with Gasteiger partial charge in [-0.2, -0.15) is 0 Å². The van der Waals surface area contributed by atoms with Gasteiger partial charge in [-0.3, -0.25) is 4.90 Å². The van der Waals surface area contributed by atoms with Crippen molar-refractivity contribution in [2.45, 2.75) is 50.3 Å². The van der Waals surface area contributed by atoms with Crippen LogP contribution in [0.4, 0.5) is 0 Å². The van der Waals surface area contributed by atoms with Crippen LogP contribution in [0.15, 0.2) is 12.7 Å². The highest BCUT2D eigenvalue weighted by Gasteiger charge is 2.36. The SMILES string of the molecule is C=CCN1C2CCCC1CC(O)C2. The van der Waals surface area contributed by atoms with Gasteiger partial charge in [-0.25, -0.2) is 0 Å². The second-order valence-electron chi connectivity index (χ2n) is 4.35. The largest absolute Gasteiger partial charge is 0.393 e. The standard InChI is InChI=1S/C11H19NO/c1-2-6-12-9-4-3-5-10(12)8-11(13)7-9/h2,9-11,13H,1,3-8H2. The Bertz CT molecular complexity index is 179. The molecule has 2 bridgehead atoms. The van der Waals surface area contributed by atoms with Crippen molar-refractivity contribution in [3.8, 4) is 0 Å². The summed E-state index contributed by atoms with van der Waals surface area (Å²) >= 11 is 0. The minimum Gasteiger partial charge on any atom is -0.393 e. The third-order valence-electron chi connectivity index (χ3n) is 3.44. The van der Waals surface area contributed by atoms with Crippen molar-refractivity contribution in [1.82, 2.24) is 4.90 Å². The number of aliphatic hydroxyl groups is 1. The third-order valence-corrected chi connectivity index (χ3v) is 3.44. The fourth-order valence-corrected chi connectivity index (χ4v) is 2.90. The molecule has 0 saturated carbocycles. The summed E-state index contributed by atoms with van der Waals surface area (Å²) in [6, 6.07) is 1.25. The van der Waals surface area contributed by atoms with Crippen molar-refractivity contribution in [3.63, 3.8) is 0 Å². The maximum atomic E-state index is 9.65. The van der Waals surface area contributed by atoms with E-state index in [1.165, 1.54) is 19.3 Å². The topological polar surface area (TPSA) is 23.5 Å². The molecule has 2 atom stereocenters. The van der Waals surface area contributed by atoms with Crippen LogP contribution in [0.2, 0.25) is 0 Å². The minimum absolute atomic E-state index is 0.0450. The van der Waals surface area contributed by atoms with Crippen LogP contribution in [0.1, 0.15) is 32.1 Å². The molecule has 0 spiro atoms. The third kappa shape index (κ3) is 1.79. The van der Waals surface area contributed by atoms with Crippen LogP contribution in [0.3, 0.4) is 0 Å². The zero-order chi connectivity index (χ0) is 9.26. The lowest BCUT2D eigenvalue weighted by molar-refractivity contribution is -0.0194. The first kappa shape index (κ1) is 9.22. The Morgan fingerprint density at radius 1 is 1.31 bits per heavy atom. The average molecular weight is 181 g/mol. The Hall–Kier alpha value is -0.340. The van der Waals surface area contributed by atoms with Gasteiger partial charge in [0.25, 0.3) is 0 Å². The van der Waals surface area contributed by atoms with Gasteiger partial charge in [-0.1, -0.05) is 12.5 Å². The van der Waals surface area contributed by atoms with Crippen molar-refractivity contribution >= 4 is 0 Å². The van der Waals surface area contributed by atoms with Crippen LogP contribution in [-0.2, 0) is 0 Å². The first-order valence-electron chi connectivity index (χ1n) is 5.36. The molecule has 0 aromatic rings. The van der Waals surface area contributed by atoms with E-state index in [1.807, 2.05) is 6.08 Å². The summed E-state index contributed by atoms with van der Waals surface area (Å²) in [7, 11) is 0. The van der Waals surface area contributed by atoms with E-state index in [1.54, 1.807) is 0 Å². The molecule has 0 aromatic heterocycles. The molecule has 2 heterocycles. The fraction of sp³-hybridized carbons (Fsp3) is 0.818. The summed E-state index contributed by atoms with van der Waals surface area (Å²) in [5, 5.41) is 9.65. The maximum absolute atomic E-state index is 9.65. The summed E-state index contributed by atoms with van der Waals surface area (Å²) in [6.07, 6.45) is 7.77. The number of hydrogen-bond donors (Lipinski definition) is 1. The molecule has 2 unspecified atom stereocenters. The highest BCUT2D eigenvalue weighted by atomic mass is 16.3. The molecule has 2 aliphatic heterocycles. The normalized spacial score (nSPS) is 40.2. The summed E-state index contributed by atoms with van der Waals surface area (Å²) in [6.45, 7) is 4.80. The van der Waals surface area contributed by atoms with Gasteiger partial charge in [0.2, 0.25) is 0 Å².